The van der Waals surface area contributed by atoms with Crippen molar-refractivity contribution in [2.75, 3.05) is 13.2 Å². The second-order valence-electron chi connectivity index (χ2n) is 7.12. The number of benzene rings is 2. The Morgan fingerprint density at radius 3 is 2.33 bits per heavy atom. The molecule has 6 nitrogen and oxygen atoms in total. The maximum absolute atomic E-state index is 12.2. The van der Waals surface area contributed by atoms with Crippen molar-refractivity contribution in [3.05, 3.63) is 64.2 Å². The first-order valence-corrected chi connectivity index (χ1v) is 9.76. The first kappa shape index (κ1) is 22.9. The predicted molar refractivity (Wildman–Crippen MR) is 105 cm³/mol. The highest BCUT2D eigenvalue weighted by atomic mass is 35.5. The van der Waals surface area contributed by atoms with Gasteiger partial charge in [0.1, 0.15) is 42.9 Å². The van der Waals surface area contributed by atoms with Crippen LogP contribution >= 0.6 is 11.6 Å². The topological polar surface area (TPSA) is 99.4 Å². The van der Waals surface area contributed by atoms with Gasteiger partial charge in [0.05, 0.1) is 6.61 Å². The Labute approximate surface area is 177 Å². The summed E-state index contributed by atoms with van der Waals surface area (Å²) >= 11 is 6.30. The van der Waals surface area contributed by atoms with Crippen LogP contribution in [0.25, 0.3) is 0 Å². The maximum atomic E-state index is 12.2. The maximum Gasteiger partial charge on any atom is 0.272 e. The second-order valence-corrected chi connectivity index (χ2v) is 7.53. The molecule has 0 amide bonds. The quantitative estimate of drug-likeness (QED) is 0.522. The van der Waals surface area contributed by atoms with Gasteiger partial charge >= 0.3 is 0 Å². The third kappa shape index (κ3) is 5.26. The van der Waals surface area contributed by atoms with Crippen molar-refractivity contribution in [1.29, 1.82) is 0 Å². The van der Waals surface area contributed by atoms with E-state index in [1.165, 1.54) is 0 Å². The van der Waals surface area contributed by atoms with Gasteiger partial charge in [0.15, 0.2) is 0 Å². The molecule has 2 aromatic rings. The van der Waals surface area contributed by atoms with Crippen LogP contribution in [0.1, 0.15) is 22.8 Å². The molecular weight excluding hydrogens is 422 g/mol. The summed E-state index contributed by atoms with van der Waals surface area (Å²) < 4.78 is 35.0. The van der Waals surface area contributed by atoms with E-state index in [0.29, 0.717) is 28.3 Å². The van der Waals surface area contributed by atoms with Crippen LogP contribution in [0, 0.1) is 0 Å². The molecule has 1 heterocycles. The van der Waals surface area contributed by atoms with Gasteiger partial charge < -0.3 is 29.9 Å². The predicted octanol–water partition coefficient (Wildman–Crippen LogP) is 2.09. The fraction of sp³-hybridized carbons (Fsp3) is 0.429. The lowest BCUT2D eigenvalue weighted by Gasteiger charge is -2.40. The van der Waals surface area contributed by atoms with E-state index in [1.54, 1.807) is 42.5 Å². The van der Waals surface area contributed by atoms with E-state index in [1.807, 2.05) is 0 Å². The first-order valence-electron chi connectivity index (χ1n) is 9.39. The summed E-state index contributed by atoms with van der Waals surface area (Å²) in [6.45, 7) is -1.19. The number of halogens is 3. The van der Waals surface area contributed by atoms with Gasteiger partial charge in [-0.15, -0.1) is 0 Å². The number of rotatable bonds is 7. The summed E-state index contributed by atoms with van der Waals surface area (Å²) in [5.74, 6) is 0.334. The van der Waals surface area contributed by atoms with Crippen molar-refractivity contribution < 1.29 is 38.7 Å². The fourth-order valence-corrected chi connectivity index (χ4v) is 3.55. The normalized spacial score (nSPS) is 26.7. The molecule has 0 saturated carbocycles. The van der Waals surface area contributed by atoms with E-state index in [-0.39, 0.29) is 0 Å². The molecule has 9 heteroatoms. The zero-order valence-electron chi connectivity index (χ0n) is 15.9. The molecule has 1 aliphatic heterocycles. The highest BCUT2D eigenvalue weighted by Crippen LogP contribution is 2.34. The van der Waals surface area contributed by atoms with Gasteiger partial charge in [-0.25, -0.2) is 8.78 Å². The molecule has 0 aliphatic carbocycles. The number of hydrogen-bond acceptors (Lipinski definition) is 6. The monoisotopic (exact) mass is 444 g/mol. The van der Waals surface area contributed by atoms with Crippen LogP contribution < -0.4 is 4.74 Å². The summed E-state index contributed by atoms with van der Waals surface area (Å²) in [5, 5.41) is 40.1. The summed E-state index contributed by atoms with van der Waals surface area (Å²) in [5.41, 5.74) is 2.10. The van der Waals surface area contributed by atoms with Crippen LogP contribution in [0.2, 0.25) is 5.02 Å². The molecule has 1 saturated heterocycles. The SMILES string of the molecule is OCC1OC(c2ccc(Cl)c(Cc3ccc(OCC(F)F)cc3)c2)C(O)C(O)C1O. The lowest BCUT2D eigenvalue weighted by atomic mass is 9.90. The molecule has 1 aliphatic rings. The summed E-state index contributed by atoms with van der Waals surface area (Å²) in [6, 6.07) is 11.6. The largest absolute Gasteiger partial charge is 0.488 e. The molecule has 3 rings (SSSR count). The third-order valence-corrected chi connectivity index (χ3v) is 5.35. The molecule has 1 fully saturated rings. The Bertz CT molecular complexity index is 833. The van der Waals surface area contributed by atoms with Crippen molar-refractivity contribution in [3.63, 3.8) is 0 Å². The Hall–Kier alpha value is -1.81. The minimum Gasteiger partial charge on any atom is -0.488 e. The van der Waals surface area contributed by atoms with Crippen molar-refractivity contribution >= 4 is 11.6 Å². The van der Waals surface area contributed by atoms with E-state index >= 15 is 0 Å². The average molecular weight is 445 g/mol. The number of ether oxygens (including phenoxy) is 2. The van der Waals surface area contributed by atoms with E-state index in [9.17, 15) is 29.2 Å². The Morgan fingerprint density at radius 2 is 1.70 bits per heavy atom. The van der Waals surface area contributed by atoms with Gasteiger partial charge in [0, 0.05) is 5.02 Å². The highest BCUT2D eigenvalue weighted by Gasteiger charge is 2.44. The molecule has 0 radical (unpaired) electrons. The van der Waals surface area contributed by atoms with Gasteiger partial charge in [0.25, 0.3) is 6.43 Å². The van der Waals surface area contributed by atoms with Crippen LogP contribution in [0.4, 0.5) is 8.78 Å². The molecular formula is C21H23ClF2O6. The first-order chi connectivity index (χ1) is 14.3. The minimum absolute atomic E-state index is 0.334. The van der Waals surface area contributed by atoms with Gasteiger partial charge in [-0.05, 0) is 41.3 Å². The van der Waals surface area contributed by atoms with Crippen LogP contribution in [0.3, 0.4) is 0 Å². The zero-order chi connectivity index (χ0) is 21.8. The lowest BCUT2D eigenvalue weighted by molar-refractivity contribution is -0.231. The minimum atomic E-state index is -2.55. The Balaban J connectivity index is 1.77. The van der Waals surface area contributed by atoms with Crippen molar-refractivity contribution in [3.8, 4) is 5.75 Å². The second kappa shape index (κ2) is 10.00. The molecule has 0 bridgehead atoms. The molecule has 0 spiro atoms. The third-order valence-electron chi connectivity index (χ3n) is 4.98. The summed E-state index contributed by atoms with van der Waals surface area (Å²) in [7, 11) is 0. The van der Waals surface area contributed by atoms with Crippen LogP contribution in [0.15, 0.2) is 42.5 Å². The number of hydrogen-bond donors (Lipinski definition) is 4. The van der Waals surface area contributed by atoms with Crippen molar-refractivity contribution in [2.24, 2.45) is 0 Å². The van der Waals surface area contributed by atoms with Gasteiger partial charge in [-0.3, -0.25) is 0 Å². The van der Waals surface area contributed by atoms with E-state index in [4.69, 9.17) is 21.1 Å². The van der Waals surface area contributed by atoms with E-state index < -0.39 is 50.2 Å². The molecule has 2 aromatic carbocycles. The Kier molecular flexibility index (Phi) is 7.62. The summed E-state index contributed by atoms with van der Waals surface area (Å²) in [6.07, 6.45) is -8.38. The van der Waals surface area contributed by atoms with Crippen molar-refractivity contribution in [2.45, 2.75) is 43.4 Å². The molecule has 4 N–H and O–H groups in total. The smallest absolute Gasteiger partial charge is 0.272 e. The molecule has 30 heavy (non-hydrogen) atoms. The standard InChI is InChI=1S/C21H23ClF2O6/c22-15-6-3-12(21-20(28)19(27)18(26)16(9-25)30-21)8-13(15)7-11-1-4-14(5-2-11)29-10-17(23)24/h1-6,8,16-21,25-28H,7,9-10H2. The van der Waals surface area contributed by atoms with Crippen LogP contribution in [-0.4, -0.2) is 64.5 Å². The zero-order valence-corrected chi connectivity index (χ0v) is 16.6. The Morgan fingerprint density at radius 1 is 1.00 bits per heavy atom. The van der Waals surface area contributed by atoms with E-state index in [2.05, 4.69) is 0 Å². The molecule has 0 aromatic heterocycles. The molecule has 5 atom stereocenters. The van der Waals surface area contributed by atoms with Crippen LogP contribution in [0.5, 0.6) is 5.75 Å². The highest BCUT2D eigenvalue weighted by molar-refractivity contribution is 6.31. The van der Waals surface area contributed by atoms with Gasteiger partial charge in [-0.2, -0.15) is 0 Å². The molecule has 5 unspecified atom stereocenters. The number of aliphatic hydroxyl groups is 4. The lowest BCUT2D eigenvalue weighted by Crippen LogP contribution is -2.55. The number of aliphatic hydroxyl groups excluding tert-OH is 4. The molecule has 164 valence electrons. The summed E-state index contributed by atoms with van der Waals surface area (Å²) in [4.78, 5) is 0. The number of alkyl halides is 2. The van der Waals surface area contributed by atoms with Gasteiger partial charge in [0.2, 0.25) is 0 Å². The fourth-order valence-electron chi connectivity index (χ4n) is 3.37. The van der Waals surface area contributed by atoms with E-state index in [0.717, 1.165) is 5.56 Å². The van der Waals surface area contributed by atoms with Crippen LogP contribution in [-0.2, 0) is 11.2 Å². The average Bonchev–Trinajstić information content (AvgIpc) is 2.73. The van der Waals surface area contributed by atoms with Crippen molar-refractivity contribution in [1.82, 2.24) is 0 Å². The van der Waals surface area contributed by atoms with Gasteiger partial charge in [-0.1, -0.05) is 35.9 Å².